The van der Waals surface area contributed by atoms with Crippen molar-refractivity contribution in [1.82, 2.24) is 34.8 Å². The van der Waals surface area contributed by atoms with Crippen LogP contribution in [0.2, 0.25) is 0 Å². The molecular weight excluding hydrogens is 369 g/mol. The highest BCUT2D eigenvalue weighted by molar-refractivity contribution is 5.58. The molecule has 1 N–H and O–H groups in total. The zero-order valence-corrected chi connectivity index (χ0v) is 15.6. The van der Waals surface area contributed by atoms with Gasteiger partial charge >= 0.3 is 0 Å². The number of nitrogens with zero attached hydrogens (tertiary/aromatic N) is 6. The molecule has 0 bridgehead atoms. The second-order valence-corrected chi connectivity index (χ2v) is 7.00. The van der Waals surface area contributed by atoms with Crippen LogP contribution in [0.15, 0.2) is 55.4 Å². The molecule has 0 radical (unpaired) electrons. The molecule has 8 heteroatoms. The van der Waals surface area contributed by atoms with Gasteiger partial charge in [-0.1, -0.05) is 0 Å². The number of benzene rings is 1. The largest absolute Gasteiger partial charge is 0.341 e. The van der Waals surface area contributed by atoms with E-state index in [2.05, 4.69) is 29.8 Å². The summed E-state index contributed by atoms with van der Waals surface area (Å²) in [5.74, 6) is 1.30. The van der Waals surface area contributed by atoms with E-state index in [4.69, 9.17) is 4.98 Å². The van der Waals surface area contributed by atoms with Gasteiger partial charge in [0.1, 0.15) is 18.0 Å². The zero-order chi connectivity index (χ0) is 19.6. The topological polar surface area (TPSA) is 83.5 Å². The van der Waals surface area contributed by atoms with Gasteiger partial charge in [-0.15, -0.1) is 0 Å². The van der Waals surface area contributed by atoms with Gasteiger partial charge in [0.05, 0.1) is 29.7 Å². The Balaban J connectivity index is 1.29. The Kier molecular flexibility index (Phi) is 4.53. The van der Waals surface area contributed by atoms with Crippen molar-refractivity contribution in [2.24, 2.45) is 0 Å². The van der Waals surface area contributed by atoms with E-state index in [1.807, 2.05) is 6.20 Å². The van der Waals surface area contributed by atoms with Crippen molar-refractivity contribution < 1.29 is 4.39 Å². The first-order valence-electron chi connectivity index (χ1n) is 9.37. The van der Waals surface area contributed by atoms with Gasteiger partial charge in [0.2, 0.25) is 0 Å². The molecule has 0 amide bonds. The molecule has 144 valence electrons. The summed E-state index contributed by atoms with van der Waals surface area (Å²) in [5, 5.41) is 0. The monoisotopic (exact) mass is 387 g/mol. The smallest absolute Gasteiger partial charge is 0.162 e. The highest BCUT2D eigenvalue weighted by Crippen LogP contribution is 2.22. The first kappa shape index (κ1) is 17.6. The summed E-state index contributed by atoms with van der Waals surface area (Å²) in [5.41, 5.74) is 4.82. The number of aromatic amines is 1. The van der Waals surface area contributed by atoms with Crippen LogP contribution in [-0.4, -0.2) is 41.3 Å². The van der Waals surface area contributed by atoms with E-state index in [0.717, 1.165) is 53.4 Å². The van der Waals surface area contributed by atoms with Crippen molar-refractivity contribution in [3.8, 4) is 22.6 Å². The molecule has 0 spiro atoms. The van der Waals surface area contributed by atoms with Crippen molar-refractivity contribution in [2.45, 2.75) is 19.5 Å². The summed E-state index contributed by atoms with van der Waals surface area (Å²) in [6.45, 7) is 2.36. The van der Waals surface area contributed by atoms with Crippen molar-refractivity contribution >= 4 is 0 Å². The minimum atomic E-state index is -0.245. The van der Waals surface area contributed by atoms with Crippen LogP contribution in [0.5, 0.6) is 0 Å². The zero-order valence-electron chi connectivity index (χ0n) is 15.6. The van der Waals surface area contributed by atoms with Crippen molar-refractivity contribution in [3.63, 3.8) is 0 Å². The molecule has 0 atom stereocenters. The highest BCUT2D eigenvalue weighted by atomic mass is 19.1. The molecule has 29 heavy (non-hydrogen) atoms. The Morgan fingerprint density at radius 3 is 2.62 bits per heavy atom. The number of imidazole rings is 1. The van der Waals surface area contributed by atoms with Gasteiger partial charge in [-0.05, 0) is 29.8 Å². The Labute approximate surface area is 166 Å². The third-order valence-corrected chi connectivity index (χ3v) is 4.99. The van der Waals surface area contributed by atoms with Crippen molar-refractivity contribution in [1.29, 1.82) is 0 Å². The standard InChI is InChI=1S/C21H18FN7/c22-17-3-1-14(2-4-17)19-10-25-20(27-19)12-29-6-5-18-16(11-29)9-26-21(28-18)15-7-23-13-24-8-15/h1-4,7-10,13H,5-6,11-12H2,(H,25,27). The molecule has 0 saturated heterocycles. The number of rotatable bonds is 4. The number of nitrogens with one attached hydrogen (secondary N) is 1. The average Bonchev–Trinajstić information content (AvgIpc) is 3.23. The Morgan fingerprint density at radius 1 is 0.966 bits per heavy atom. The lowest BCUT2D eigenvalue weighted by molar-refractivity contribution is 0.237. The highest BCUT2D eigenvalue weighted by Gasteiger charge is 2.20. The van der Waals surface area contributed by atoms with Gasteiger partial charge in [-0.2, -0.15) is 0 Å². The van der Waals surface area contributed by atoms with Crippen LogP contribution in [0.3, 0.4) is 0 Å². The van der Waals surface area contributed by atoms with E-state index >= 15 is 0 Å². The Morgan fingerprint density at radius 2 is 1.79 bits per heavy atom. The maximum Gasteiger partial charge on any atom is 0.162 e. The fourth-order valence-corrected chi connectivity index (χ4v) is 3.49. The maximum atomic E-state index is 13.1. The lowest BCUT2D eigenvalue weighted by Crippen LogP contribution is -2.31. The Bertz CT molecular complexity index is 1130. The van der Waals surface area contributed by atoms with E-state index in [0.29, 0.717) is 12.4 Å². The van der Waals surface area contributed by atoms with Crippen LogP contribution in [0, 0.1) is 5.82 Å². The number of halogens is 1. The first-order valence-corrected chi connectivity index (χ1v) is 9.37. The van der Waals surface area contributed by atoms with Gasteiger partial charge in [0.25, 0.3) is 0 Å². The molecule has 0 unspecified atom stereocenters. The molecule has 0 fully saturated rings. The third kappa shape index (κ3) is 3.74. The van der Waals surface area contributed by atoms with Gasteiger partial charge in [0, 0.05) is 43.7 Å². The number of hydrogen-bond acceptors (Lipinski definition) is 6. The molecule has 1 aliphatic heterocycles. The average molecular weight is 387 g/mol. The molecule has 3 aromatic heterocycles. The quantitative estimate of drug-likeness (QED) is 0.580. The molecule has 4 aromatic rings. The summed E-state index contributed by atoms with van der Waals surface area (Å²) in [4.78, 5) is 27.4. The molecule has 7 nitrogen and oxygen atoms in total. The van der Waals surface area contributed by atoms with Crippen LogP contribution in [0.4, 0.5) is 4.39 Å². The second-order valence-electron chi connectivity index (χ2n) is 7.00. The molecule has 1 aromatic carbocycles. The van der Waals surface area contributed by atoms with E-state index in [1.54, 1.807) is 30.7 Å². The van der Waals surface area contributed by atoms with Gasteiger partial charge in [-0.3, -0.25) is 4.90 Å². The summed E-state index contributed by atoms with van der Waals surface area (Å²) < 4.78 is 13.1. The first-order chi connectivity index (χ1) is 14.2. The normalized spacial score (nSPS) is 14.0. The number of hydrogen-bond donors (Lipinski definition) is 1. The minimum Gasteiger partial charge on any atom is -0.341 e. The fourth-order valence-electron chi connectivity index (χ4n) is 3.49. The molecule has 0 aliphatic carbocycles. The van der Waals surface area contributed by atoms with Gasteiger partial charge < -0.3 is 4.98 Å². The van der Waals surface area contributed by atoms with E-state index in [-0.39, 0.29) is 5.82 Å². The lowest BCUT2D eigenvalue weighted by Gasteiger charge is -2.27. The van der Waals surface area contributed by atoms with Crippen LogP contribution in [0.1, 0.15) is 17.1 Å². The third-order valence-electron chi connectivity index (χ3n) is 4.99. The molecule has 5 rings (SSSR count). The number of aromatic nitrogens is 6. The second kappa shape index (κ2) is 7.48. The van der Waals surface area contributed by atoms with Crippen molar-refractivity contribution in [3.05, 3.63) is 78.3 Å². The summed E-state index contributed by atoms with van der Waals surface area (Å²) >= 11 is 0. The van der Waals surface area contributed by atoms with Crippen molar-refractivity contribution in [2.75, 3.05) is 6.54 Å². The fraction of sp³-hybridized carbons (Fsp3) is 0.190. The Hall–Kier alpha value is -3.52. The lowest BCUT2D eigenvalue weighted by atomic mass is 10.1. The van der Waals surface area contributed by atoms with E-state index in [1.165, 1.54) is 18.5 Å². The number of H-pyrrole nitrogens is 1. The van der Waals surface area contributed by atoms with E-state index < -0.39 is 0 Å². The van der Waals surface area contributed by atoms with Gasteiger partial charge in [-0.25, -0.2) is 29.3 Å². The number of fused-ring (bicyclic) bond motifs is 1. The molecular formula is C21H18FN7. The molecule has 1 aliphatic rings. The minimum absolute atomic E-state index is 0.245. The predicted octanol–water partition coefficient (Wildman–Crippen LogP) is 3.02. The van der Waals surface area contributed by atoms with Gasteiger partial charge in [0.15, 0.2) is 5.82 Å². The van der Waals surface area contributed by atoms with E-state index in [9.17, 15) is 4.39 Å². The SMILES string of the molecule is Fc1ccc(-c2cnc(CN3CCc4nc(-c5cncnc5)ncc4C3)[nH]2)cc1. The maximum absolute atomic E-state index is 13.1. The summed E-state index contributed by atoms with van der Waals surface area (Å²) in [6.07, 6.45) is 9.47. The summed E-state index contributed by atoms with van der Waals surface area (Å²) in [6, 6.07) is 6.40. The summed E-state index contributed by atoms with van der Waals surface area (Å²) in [7, 11) is 0. The van der Waals surface area contributed by atoms with Crippen LogP contribution >= 0.6 is 0 Å². The predicted molar refractivity (Wildman–Crippen MR) is 105 cm³/mol. The van der Waals surface area contributed by atoms with Crippen LogP contribution in [-0.2, 0) is 19.5 Å². The van der Waals surface area contributed by atoms with Crippen LogP contribution < -0.4 is 0 Å². The molecule has 0 saturated carbocycles. The van der Waals surface area contributed by atoms with Crippen LogP contribution in [0.25, 0.3) is 22.6 Å². The molecule has 4 heterocycles.